The second kappa shape index (κ2) is 11.3. The standard InChI is InChI=1S/C26H17ClF5IN2O3/c1-3-37-18-10-14(9-17(33)25(18)38-11-13-4-6-15(27)7-5-13)8-16-12(2)34-35(26(16)36)24-22(31)20(29)19(28)21(30)23(24)32/h4-10H,3,11H2,1-2H3/b16-8-. The summed E-state index contributed by atoms with van der Waals surface area (Å²) in [5.74, 6) is -11.3. The molecule has 0 saturated carbocycles. The van der Waals surface area contributed by atoms with E-state index in [1.54, 1.807) is 31.2 Å². The topological polar surface area (TPSA) is 51.1 Å². The van der Waals surface area contributed by atoms with E-state index in [0.717, 1.165) is 5.56 Å². The lowest BCUT2D eigenvalue weighted by Gasteiger charge is -2.16. The number of carbonyl (C=O) groups is 1. The number of rotatable bonds is 7. The van der Waals surface area contributed by atoms with Crippen LogP contribution < -0.4 is 14.5 Å². The van der Waals surface area contributed by atoms with Crippen LogP contribution in [-0.4, -0.2) is 18.2 Å². The molecule has 1 aliphatic heterocycles. The maximum atomic E-state index is 14.3. The summed E-state index contributed by atoms with van der Waals surface area (Å²) in [7, 11) is 0. The van der Waals surface area contributed by atoms with Crippen molar-refractivity contribution < 1.29 is 36.2 Å². The Bertz CT molecular complexity index is 1470. The molecule has 0 radical (unpaired) electrons. The molecule has 38 heavy (non-hydrogen) atoms. The first-order valence-corrected chi connectivity index (χ1v) is 12.5. The molecule has 1 heterocycles. The van der Waals surface area contributed by atoms with Crippen LogP contribution in [0.2, 0.25) is 5.02 Å². The van der Waals surface area contributed by atoms with E-state index in [-0.39, 0.29) is 22.9 Å². The smallest absolute Gasteiger partial charge is 0.280 e. The predicted octanol–water partition coefficient (Wildman–Crippen LogP) is 7.42. The molecule has 0 aliphatic carbocycles. The molecule has 3 aromatic carbocycles. The minimum absolute atomic E-state index is 0.00924. The number of benzene rings is 3. The fourth-order valence-corrected chi connectivity index (χ4v) is 4.50. The number of hydrazone groups is 1. The first-order valence-electron chi connectivity index (χ1n) is 11.0. The molecule has 0 aromatic heterocycles. The molecule has 0 spiro atoms. The minimum Gasteiger partial charge on any atom is -0.490 e. The van der Waals surface area contributed by atoms with E-state index in [1.165, 1.54) is 13.0 Å². The third kappa shape index (κ3) is 5.35. The highest BCUT2D eigenvalue weighted by atomic mass is 127. The van der Waals surface area contributed by atoms with E-state index in [9.17, 15) is 26.7 Å². The van der Waals surface area contributed by atoms with E-state index < -0.39 is 40.7 Å². The van der Waals surface area contributed by atoms with E-state index in [1.807, 2.05) is 34.7 Å². The number of carbonyl (C=O) groups excluding carboxylic acids is 1. The van der Waals surface area contributed by atoms with E-state index >= 15 is 0 Å². The molecule has 12 heteroatoms. The van der Waals surface area contributed by atoms with Crippen molar-refractivity contribution in [2.24, 2.45) is 5.10 Å². The van der Waals surface area contributed by atoms with Crippen molar-refractivity contribution in [2.75, 3.05) is 11.6 Å². The number of nitrogens with zero attached hydrogens (tertiary/aromatic N) is 2. The highest BCUT2D eigenvalue weighted by Gasteiger charge is 2.37. The summed E-state index contributed by atoms with van der Waals surface area (Å²) < 4.78 is 81.8. The van der Waals surface area contributed by atoms with E-state index in [2.05, 4.69) is 5.10 Å². The molecule has 5 nitrogen and oxygen atoms in total. The van der Waals surface area contributed by atoms with Gasteiger partial charge in [-0.05, 0) is 77.9 Å². The molecular formula is C26H17ClF5IN2O3. The largest absolute Gasteiger partial charge is 0.490 e. The highest BCUT2D eigenvalue weighted by Crippen LogP contribution is 2.37. The predicted molar refractivity (Wildman–Crippen MR) is 141 cm³/mol. The van der Waals surface area contributed by atoms with Gasteiger partial charge in [0, 0.05) is 5.02 Å². The summed E-state index contributed by atoms with van der Waals surface area (Å²) in [5.41, 5.74) is -0.231. The van der Waals surface area contributed by atoms with Gasteiger partial charge in [-0.15, -0.1) is 0 Å². The summed E-state index contributed by atoms with van der Waals surface area (Å²) in [6.45, 7) is 3.68. The summed E-state index contributed by atoms with van der Waals surface area (Å²) >= 11 is 7.95. The van der Waals surface area contributed by atoms with Gasteiger partial charge in [0.25, 0.3) is 5.91 Å². The Kier molecular flexibility index (Phi) is 8.26. The molecule has 4 rings (SSSR count). The maximum absolute atomic E-state index is 14.3. The number of anilines is 1. The molecular weight excluding hydrogens is 646 g/mol. The molecule has 0 saturated heterocycles. The molecule has 0 fully saturated rings. The van der Waals surface area contributed by atoms with Gasteiger partial charge in [-0.1, -0.05) is 23.7 Å². The third-order valence-electron chi connectivity index (χ3n) is 5.40. The van der Waals surface area contributed by atoms with E-state index in [0.29, 0.717) is 32.3 Å². The van der Waals surface area contributed by atoms with Crippen molar-refractivity contribution in [3.8, 4) is 11.5 Å². The Labute approximate surface area is 232 Å². The van der Waals surface area contributed by atoms with Crippen molar-refractivity contribution in [3.05, 3.63) is 90.8 Å². The molecule has 198 valence electrons. The lowest BCUT2D eigenvalue weighted by molar-refractivity contribution is -0.114. The van der Waals surface area contributed by atoms with Crippen LogP contribution in [0.25, 0.3) is 6.08 Å². The van der Waals surface area contributed by atoms with Crippen LogP contribution in [-0.2, 0) is 11.4 Å². The Morgan fingerprint density at radius 3 is 2.18 bits per heavy atom. The fraction of sp³-hybridized carbons (Fsp3) is 0.154. The zero-order valence-electron chi connectivity index (χ0n) is 19.7. The van der Waals surface area contributed by atoms with Crippen LogP contribution in [0, 0.1) is 32.7 Å². The Morgan fingerprint density at radius 1 is 0.974 bits per heavy atom. The number of hydrogen-bond donors (Lipinski definition) is 0. The van der Waals surface area contributed by atoms with Gasteiger partial charge in [-0.2, -0.15) is 10.1 Å². The Balaban J connectivity index is 1.67. The fourth-order valence-electron chi connectivity index (χ4n) is 3.59. The molecule has 1 amide bonds. The Hall–Kier alpha value is -3.19. The molecule has 3 aromatic rings. The first-order chi connectivity index (χ1) is 18.0. The van der Waals surface area contributed by atoms with Crippen molar-refractivity contribution in [1.29, 1.82) is 0 Å². The van der Waals surface area contributed by atoms with Gasteiger partial charge in [-0.25, -0.2) is 22.0 Å². The molecule has 0 N–H and O–H groups in total. The second-order valence-corrected chi connectivity index (χ2v) is 9.56. The average Bonchev–Trinajstić information content (AvgIpc) is 3.15. The second-order valence-electron chi connectivity index (χ2n) is 7.96. The van der Waals surface area contributed by atoms with E-state index in [4.69, 9.17) is 21.1 Å². The van der Waals surface area contributed by atoms with Crippen LogP contribution in [0.4, 0.5) is 27.6 Å². The number of amides is 1. The highest BCUT2D eigenvalue weighted by molar-refractivity contribution is 14.1. The number of halogens is 7. The molecule has 0 atom stereocenters. The number of ether oxygens (including phenoxy) is 2. The lowest BCUT2D eigenvalue weighted by Crippen LogP contribution is -2.25. The minimum atomic E-state index is -2.33. The zero-order chi connectivity index (χ0) is 27.7. The van der Waals surface area contributed by atoms with Crippen LogP contribution in [0.3, 0.4) is 0 Å². The van der Waals surface area contributed by atoms with Crippen molar-refractivity contribution >= 4 is 57.6 Å². The summed E-state index contributed by atoms with van der Waals surface area (Å²) in [6.07, 6.45) is 1.38. The van der Waals surface area contributed by atoms with Crippen molar-refractivity contribution in [3.63, 3.8) is 0 Å². The van der Waals surface area contributed by atoms with Gasteiger partial charge in [0.05, 0.1) is 21.5 Å². The van der Waals surface area contributed by atoms with Gasteiger partial charge >= 0.3 is 0 Å². The average molecular weight is 663 g/mol. The quantitative estimate of drug-likeness (QED) is 0.0870. The van der Waals surface area contributed by atoms with Gasteiger partial charge in [-0.3, -0.25) is 4.79 Å². The Morgan fingerprint density at radius 2 is 1.58 bits per heavy atom. The summed E-state index contributed by atoms with van der Waals surface area (Å²) in [4.78, 5) is 13.0. The van der Waals surface area contributed by atoms with Crippen LogP contribution >= 0.6 is 34.2 Å². The molecule has 0 bridgehead atoms. The van der Waals surface area contributed by atoms with Gasteiger partial charge in [0.2, 0.25) is 5.82 Å². The maximum Gasteiger partial charge on any atom is 0.280 e. The summed E-state index contributed by atoms with van der Waals surface area (Å²) in [6, 6.07) is 10.4. The van der Waals surface area contributed by atoms with Gasteiger partial charge in [0.1, 0.15) is 12.3 Å². The molecule has 0 unspecified atom stereocenters. The molecule has 1 aliphatic rings. The lowest BCUT2D eigenvalue weighted by atomic mass is 10.1. The zero-order valence-corrected chi connectivity index (χ0v) is 22.6. The van der Waals surface area contributed by atoms with Gasteiger partial charge < -0.3 is 9.47 Å². The van der Waals surface area contributed by atoms with Crippen molar-refractivity contribution in [1.82, 2.24) is 0 Å². The van der Waals surface area contributed by atoms with Crippen LogP contribution in [0.5, 0.6) is 11.5 Å². The van der Waals surface area contributed by atoms with Crippen molar-refractivity contribution in [2.45, 2.75) is 20.5 Å². The van der Waals surface area contributed by atoms with Gasteiger partial charge in [0.15, 0.2) is 34.8 Å². The third-order valence-corrected chi connectivity index (χ3v) is 6.45. The number of hydrogen-bond acceptors (Lipinski definition) is 4. The van der Waals surface area contributed by atoms with Crippen LogP contribution in [0.1, 0.15) is 25.0 Å². The van der Waals surface area contributed by atoms with Crippen LogP contribution in [0.15, 0.2) is 47.1 Å². The monoisotopic (exact) mass is 662 g/mol. The normalized spacial score (nSPS) is 14.3. The SMILES string of the molecule is CCOc1cc(/C=C2\C(=O)N(c3c(F)c(F)c(F)c(F)c3F)N=C2C)cc(I)c1OCc1ccc(Cl)cc1. The first kappa shape index (κ1) is 27.8. The summed E-state index contributed by atoms with van der Waals surface area (Å²) in [5, 5.41) is 4.50.